The topological polar surface area (TPSA) is 79.7 Å². The lowest BCUT2D eigenvalue weighted by Crippen LogP contribution is -2.48. The Balaban J connectivity index is 2.31. The number of hydrogen-bond acceptors (Lipinski definition) is 5. The van der Waals surface area contributed by atoms with Crippen LogP contribution < -0.4 is 4.90 Å². The van der Waals surface area contributed by atoms with Crippen LogP contribution in [0.15, 0.2) is 64.3 Å². The van der Waals surface area contributed by atoms with Gasteiger partial charge in [0.1, 0.15) is 11.8 Å². The number of allylic oxidation sites excluding steroid dienone is 1. The van der Waals surface area contributed by atoms with Crippen molar-refractivity contribution in [2.45, 2.75) is 45.9 Å². The number of benzene rings is 2. The van der Waals surface area contributed by atoms with Crippen molar-refractivity contribution in [2.75, 3.05) is 11.5 Å². The van der Waals surface area contributed by atoms with Crippen LogP contribution in [0, 0.1) is 11.3 Å². The molecule has 0 bridgehead atoms. The van der Waals surface area contributed by atoms with Crippen LogP contribution in [0.2, 0.25) is 0 Å². The van der Waals surface area contributed by atoms with Gasteiger partial charge in [-0.15, -0.1) is 0 Å². The molecule has 0 fully saturated rings. The van der Waals surface area contributed by atoms with Gasteiger partial charge in [-0.3, -0.25) is 10.2 Å². The largest absolute Gasteiger partial charge is 0.465 e. The third-order valence-electron chi connectivity index (χ3n) is 5.67. The molecule has 1 N–H and O–H groups in total. The summed E-state index contributed by atoms with van der Waals surface area (Å²) in [6, 6.07) is 11.3. The zero-order chi connectivity index (χ0) is 26.8. The van der Waals surface area contributed by atoms with Crippen LogP contribution in [-0.2, 0) is 25.2 Å². The van der Waals surface area contributed by atoms with Gasteiger partial charge in [0.2, 0.25) is 0 Å². The number of amidine groups is 1. The van der Waals surface area contributed by atoms with E-state index in [0.717, 1.165) is 16.6 Å². The summed E-state index contributed by atoms with van der Waals surface area (Å²) in [5, 5.41) is 8.95. The highest BCUT2D eigenvalue weighted by Gasteiger charge is 2.47. The van der Waals surface area contributed by atoms with E-state index in [1.165, 1.54) is 24.0 Å². The number of halogens is 4. The molecule has 1 heterocycles. The van der Waals surface area contributed by atoms with Crippen LogP contribution in [0.25, 0.3) is 0 Å². The van der Waals surface area contributed by atoms with E-state index < -0.39 is 41.6 Å². The first-order chi connectivity index (χ1) is 16.9. The first kappa shape index (κ1) is 27.4. The minimum Gasteiger partial charge on any atom is -0.465 e. The summed E-state index contributed by atoms with van der Waals surface area (Å²) in [6.07, 6.45) is -5.11. The van der Waals surface area contributed by atoms with Crippen molar-refractivity contribution >= 4 is 39.4 Å². The molecule has 0 aromatic heterocycles. The molecule has 0 spiro atoms. The van der Waals surface area contributed by atoms with Gasteiger partial charge in [-0.1, -0.05) is 34.1 Å². The highest BCUT2D eigenvalue weighted by atomic mass is 79.9. The third kappa shape index (κ3) is 5.64. The number of hydrogen-bond donors (Lipinski definition) is 1. The van der Waals surface area contributed by atoms with Crippen molar-refractivity contribution in [3.05, 3.63) is 75.4 Å². The minimum atomic E-state index is -4.62. The number of alkyl halides is 3. The van der Waals surface area contributed by atoms with Gasteiger partial charge < -0.3 is 14.4 Å². The number of ether oxygens (including phenoxy) is 2. The molecule has 2 atom stereocenters. The van der Waals surface area contributed by atoms with Gasteiger partial charge in [-0.25, -0.2) is 4.79 Å². The molecule has 0 aliphatic carbocycles. The van der Waals surface area contributed by atoms with Crippen LogP contribution >= 0.6 is 15.9 Å². The summed E-state index contributed by atoms with van der Waals surface area (Å²) in [6.45, 7) is 6.49. The second kappa shape index (κ2) is 10.9. The smallest absolute Gasteiger partial charge is 0.416 e. The highest BCUT2D eigenvalue weighted by Crippen LogP contribution is 2.44. The van der Waals surface area contributed by atoms with E-state index in [-0.39, 0.29) is 29.4 Å². The lowest BCUT2D eigenvalue weighted by atomic mass is 9.75. The van der Waals surface area contributed by atoms with Crippen molar-refractivity contribution < 1.29 is 32.2 Å². The number of nitrogens with one attached hydrogen (secondary N) is 1. The average molecular weight is 567 g/mol. The number of carbonyl (C=O) groups excluding carboxylic acids is 2. The molecule has 2 aromatic rings. The van der Waals surface area contributed by atoms with Crippen LogP contribution in [0.1, 0.15) is 44.7 Å². The van der Waals surface area contributed by atoms with Crippen molar-refractivity contribution in [2.24, 2.45) is 5.92 Å². The minimum absolute atomic E-state index is 0.00859. The molecule has 1 aliphatic heterocycles. The zero-order valence-electron chi connectivity index (χ0n) is 20.2. The summed E-state index contributed by atoms with van der Waals surface area (Å²) >= 11 is 3.36. The van der Waals surface area contributed by atoms with Gasteiger partial charge in [-0.2, -0.15) is 13.2 Å². The zero-order valence-corrected chi connectivity index (χ0v) is 21.7. The van der Waals surface area contributed by atoms with Crippen molar-refractivity contribution in [1.82, 2.24) is 0 Å². The van der Waals surface area contributed by atoms with Gasteiger partial charge in [0.05, 0.1) is 23.8 Å². The number of carbonyl (C=O) groups is 2. The first-order valence-electron chi connectivity index (χ1n) is 11.3. The Labute approximate surface area is 215 Å². The summed E-state index contributed by atoms with van der Waals surface area (Å²) in [5.74, 6) is -4.06. The molecule has 2 unspecified atom stereocenters. The Morgan fingerprint density at radius 1 is 1.14 bits per heavy atom. The summed E-state index contributed by atoms with van der Waals surface area (Å²) < 4.78 is 51.9. The lowest BCUT2D eigenvalue weighted by Gasteiger charge is -2.40. The monoisotopic (exact) mass is 566 g/mol. The first-order valence-corrected chi connectivity index (χ1v) is 12.1. The fraction of sp³-hybridized carbons (Fsp3) is 0.346. The molecule has 0 saturated carbocycles. The molecule has 10 heteroatoms. The van der Waals surface area contributed by atoms with Crippen LogP contribution in [0.5, 0.6) is 0 Å². The van der Waals surface area contributed by atoms with E-state index in [9.17, 15) is 22.8 Å². The van der Waals surface area contributed by atoms with Crippen molar-refractivity contribution in [3.63, 3.8) is 0 Å². The van der Waals surface area contributed by atoms with E-state index in [1.807, 2.05) is 0 Å². The van der Waals surface area contributed by atoms with E-state index in [0.29, 0.717) is 5.56 Å². The highest BCUT2D eigenvalue weighted by molar-refractivity contribution is 9.10. The average Bonchev–Trinajstić information content (AvgIpc) is 2.78. The van der Waals surface area contributed by atoms with Crippen LogP contribution in [0.3, 0.4) is 0 Å². The van der Waals surface area contributed by atoms with E-state index in [1.54, 1.807) is 45.0 Å². The van der Waals surface area contributed by atoms with E-state index >= 15 is 0 Å². The standard InChI is InChI=1S/C26H26BrF3N2O4/c1-5-35-24(33)22-21(16-9-11-18(27)12-10-16)20(25(34)36-14(2)3)15(4)32(23(22)31)19-8-6-7-17(13-19)26(28,29)30/h6-14,21-22,31H,5H2,1-4H3. The molecular weight excluding hydrogens is 541 g/mol. The fourth-order valence-electron chi connectivity index (χ4n) is 4.21. The maximum atomic E-state index is 13.5. The Kier molecular flexibility index (Phi) is 8.28. The summed E-state index contributed by atoms with van der Waals surface area (Å²) in [5.41, 5.74) is -0.115. The van der Waals surface area contributed by atoms with Gasteiger partial charge in [0, 0.05) is 21.8 Å². The number of anilines is 1. The van der Waals surface area contributed by atoms with Crippen LogP contribution in [0.4, 0.5) is 18.9 Å². The second-order valence-corrected chi connectivity index (χ2v) is 9.40. The molecule has 6 nitrogen and oxygen atoms in total. The molecule has 0 radical (unpaired) electrons. The predicted octanol–water partition coefficient (Wildman–Crippen LogP) is 6.45. The van der Waals surface area contributed by atoms with Gasteiger partial charge in [-0.05, 0) is 63.6 Å². The molecule has 36 heavy (non-hydrogen) atoms. The fourth-order valence-corrected chi connectivity index (χ4v) is 4.47. The summed E-state index contributed by atoms with van der Waals surface area (Å²) in [4.78, 5) is 27.8. The van der Waals surface area contributed by atoms with E-state index in [4.69, 9.17) is 14.9 Å². The molecule has 0 amide bonds. The maximum absolute atomic E-state index is 13.5. The lowest BCUT2D eigenvalue weighted by molar-refractivity contribution is -0.147. The second-order valence-electron chi connectivity index (χ2n) is 8.48. The molecule has 2 aromatic carbocycles. The maximum Gasteiger partial charge on any atom is 0.416 e. The summed E-state index contributed by atoms with van der Waals surface area (Å²) in [7, 11) is 0. The molecule has 0 saturated heterocycles. The molecule has 1 aliphatic rings. The Bertz CT molecular complexity index is 1190. The Hall–Kier alpha value is -3.14. The molecule has 192 valence electrons. The van der Waals surface area contributed by atoms with Crippen molar-refractivity contribution in [1.29, 1.82) is 5.41 Å². The SMILES string of the molecule is CCOC(=O)C1C(=N)N(c2cccc(C(F)(F)F)c2)C(C)=C(C(=O)OC(C)C)C1c1ccc(Br)cc1. The Morgan fingerprint density at radius 2 is 1.78 bits per heavy atom. The normalized spacial score (nSPS) is 18.5. The predicted molar refractivity (Wildman–Crippen MR) is 133 cm³/mol. The van der Waals surface area contributed by atoms with Gasteiger partial charge in [0.15, 0.2) is 0 Å². The van der Waals surface area contributed by atoms with Gasteiger partial charge >= 0.3 is 18.1 Å². The molecule has 3 rings (SSSR count). The number of nitrogens with zero attached hydrogens (tertiary/aromatic N) is 1. The van der Waals surface area contributed by atoms with E-state index in [2.05, 4.69) is 15.9 Å². The quantitative estimate of drug-likeness (QED) is 0.406. The van der Waals surface area contributed by atoms with Crippen molar-refractivity contribution in [3.8, 4) is 0 Å². The number of esters is 2. The van der Waals surface area contributed by atoms with Gasteiger partial charge in [0.25, 0.3) is 0 Å². The third-order valence-corrected chi connectivity index (χ3v) is 6.20. The Morgan fingerprint density at radius 3 is 2.33 bits per heavy atom. The molecular formula is C26H26BrF3N2O4. The van der Waals surface area contributed by atoms with Crippen LogP contribution in [-0.4, -0.2) is 30.5 Å². The number of rotatable bonds is 6.